The van der Waals surface area contributed by atoms with Gasteiger partial charge >= 0.3 is 12.1 Å². The van der Waals surface area contributed by atoms with E-state index >= 15 is 0 Å². The van der Waals surface area contributed by atoms with Crippen molar-refractivity contribution in [2.45, 2.75) is 25.7 Å². The molecule has 2 amide bonds. The van der Waals surface area contributed by atoms with Gasteiger partial charge in [-0.2, -0.15) is 0 Å². The molecule has 2 heterocycles. The summed E-state index contributed by atoms with van der Waals surface area (Å²) in [7, 11) is 0. The third-order valence-electron chi connectivity index (χ3n) is 3.52. The quantitative estimate of drug-likeness (QED) is 0.269. The van der Waals surface area contributed by atoms with E-state index in [1.54, 1.807) is 0 Å². The van der Waals surface area contributed by atoms with Crippen molar-refractivity contribution in [3.63, 3.8) is 0 Å². The maximum Gasteiger partial charge on any atom is 0.536 e. The van der Waals surface area contributed by atoms with Crippen molar-refractivity contribution in [3.05, 3.63) is 24.3 Å². The number of hydrogen-bond donors (Lipinski definition) is 2. The Kier molecular flexibility index (Phi) is 6.80. The smallest absolute Gasteiger partial charge is 0.492 e. The van der Waals surface area contributed by atoms with Crippen LogP contribution in [-0.4, -0.2) is 57.1 Å². The Balaban J connectivity index is 1.53. The van der Waals surface area contributed by atoms with Gasteiger partial charge in [0.05, 0.1) is 0 Å². The highest BCUT2D eigenvalue weighted by Crippen LogP contribution is 2.18. The number of ether oxygens (including phenoxy) is 2. The Morgan fingerprint density at radius 3 is 2.19 bits per heavy atom. The number of aromatic hydroxyl groups is 2. The number of unbranched alkanes of at least 4 members (excludes halogenated alkanes) is 2. The van der Waals surface area contributed by atoms with Crippen LogP contribution in [0, 0.1) is 0 Å². The molecule has 1 aromatic heterocycles. The zero-order valence-corrected chi connectivity index (χ0v) is 14.2. The molecule has 0 radical (unpaired) electrons. The van der Waals surface area contributed by atoms with Crippen molar-refractivity contribution in [2.75, 3.05) is 13.3 Å². The molecule has 11 nitrogen and oxygen atoms in total. The molecule has 1 aliphatic heterocycles. The lowest BCUT2D eigenvalue weighted by atomic mass is 10.2. The second kappa shape index (κ2) is 9.27. The van der Waals surface area contributed by atoms with E-state index in [1.807, 2.05) is 0 Å². The highest BCUT2D eigenvalue weighted by molar-refractivity contribution is 6.12. The largest absolute Gasteiger partial charge is 0.536 e. The first-order valence-corrected chi connectivity index (χ1v) is 8.02. The van der Waals surface area contributed by atoms with Crippen LogP contribution in [0.2, 0.25) is 0 Å². The fourth-order valence-electron chi connectivity index (χ4n) is 2.18. The maximum atomic E-state index is 11.5. The SMILES string of the molecule is O=C(CCCCCN1C(=O)C=CC1=O)OCOC(=O)On1c(O)ccc1O. The molecule has 0 unspecified atom stereocenters. The summed E-state index contributed by atoms with van der Waals surface area (Å²) in [5, 5.41) is 18.5. The van der Waals surface area contributed by atoms with E-state index in [0.29, 0.717) is 24.0 Å². The average Bonchev–Trinajstić information content (AvgIpc) is 3.11. The number of nitrogens with zero attached hydrogens (tertiary/aromatic N) is 2. The first kappa shape index (κ1) is 19.8. The second-order valence-corrected chi connectivity index (χ2v) is 5.44. The number of amides is 2. The van der Waals surface area contributed by atoms with Crippen LogP contribution in [0.5, 0.6) is 11.8 Å². The molecule has 1 aliphatic rings. The van der Waals surface area contributed by atoms with Gasteiger partial charge < -0.3 is 19.7 Å². The lowest BCUT2D eigenvalue weighted by Crippen LogP contribution is -2.30. The van der Waals surface area contributed by atoms with Gasteiger partial charge in [-0.3, -0.25) is 24.1 Å². The zero-order chi connectivity index (χ0) is 19.8. The minimum absolute atomic E-state index is 0.0672. The Morgan fingerprint density at radius 2 is 1.56 bits per heavy atom. The average molecular weight is 382 g/mol. The molecule has 146 valence electrons. The number of hydrogen-bond acceptors (Lipinski definition) is 9. The van der Waals surface area contributed by atoms with Crippen LogP contribution in [0.25, 0.3) is 0 Å². The monoisotopic (exact) mass is 382 g/mol. The molecule has 11 heteroatoms. The molecule has 0 saturated carbocycles. The molecule has 0 spiro atoms. The van der Waals surface area contributed by atoms with Crippen molar-refractivity contribution < 1.29 is 43.7 Å². The fourth-order valence-corrected chi connectivity index (χ4v) is 2.18. The molecule has 0 atom stereocenters. The van der Waals surface area contributed by atoms with E-state index < -0.39 is 30.7 Å². The van der Waals surface area contributed by atoms with Crippen molar-refractivity contribution >= 4 is 23.9 Å². The minimum Gasteiger partial charge on any atom is -0.492 e. The van der Waals surface area contributed by atoms with E-state index in [9.17, 15) is 29.4 Å². The Bertz CT molecular complexity index is 716. The zero-order valence-electron chi connectivity index (χ0n) is 14.2. The number of carbonyl (C=O) groups is 4. The predicted octanol–water partition coefficient (Wildman–Crippen LogP) is 0.451. The van der Waals surface area contributed by atoms with Crippen LogP contribution in [0.15, 0.2) is 24.3 Å². The fraction of sp³-hybridized carbons (Fsp3) is 0.375. The summed E-state index contributed by atoms with van der Waals surface area (Å²) < 4.78 is 9.59. The molecular weight excluding hydrogens is 364 g/mol. The molecule has 0 bridgehead atoms. The summed E-state index contributed by atoms with van der Waals surface area (Å²) in [5.74, 6) is -2.33. The summed E-state index contributed by atoms with van der Waals surface area (Å²) in [4.78, 5) is 51.1. The lowest BCUT2D eigenvalue weighted by Gasteiger charge is -2.13. The molecule has 1 aromatic rings. The molecule has 2 rings (SSSR count). The second-order valence-electron chi connectivity index (χ2n) is 5.44. The number of imide groups is 1. The van der Waals surface area contributed by atoms with Gasteiger partial charge in [-0.25, -0.2) is 4.79 Å². The highest BCUT2D eigenvalue weighted by Gasteiger charge is 2.22. The summed E-state index contributed by atoms with van der Waals surface area (Å²) in [5.41, 5.74) is 0. The van der Waals surface area contributed by atoms with Gasteiger partial charge in [-0.05, 0) is 12.8 Å². The van der Waals surface area contributed by atoms with Crippen molar-refractivity contribution in [3.8, 4) is 11.8 Å². The van der Waals surface area contributed by atoms with Crippen LogP contribution >= 0.6 is 0 Å². The van der Waals surface area contributed by atoms with E-state index in [1.165, 1.54) is 12.2 Å². The van der Waals surface area contributed by atoms with E-state index in [4.69, 9.17) is 0 Å². The highest BCUT2D eigenvalue weighted by atomic mass is 16.8. The Morgan fingerprint density at radius 1 is 0.926 bits per heavy atom. The number of aromatic nitrogens is 1. The molecule has 27 heavy (non-hydrogen) atoms. The number of esters is 1. The Hall–Kier alpha value is -3.50. The summed E-state index contributed by atoms with van der Waals surface area (Å²) in [6.07, 6.45) is 2.82. The third-order valence-corrected chi connectivity index (χ3v) is 3.52. The van der Waals surface area contributed by atoms with Crippen LogP contribution < -0.4 is 4.84 Å². The van der Waals surface area contributed by atoms with Gasteiger partial charge in [0.15, 0.2) is 0 Å². The van der Waals surface area contributed by atoms with Gasteiger partial charge in [0.25, 0.3) is 11.8 Å². The first-order valence-electron chi connectivity index (χ1n) is 8.02. The maximum absolute atomic E-state index is 11.5. The van der Waals surface area contributed by atoms with Gasteiger partial charge in [0, 0.05) is 37.3 Å². The molecular formula is C16H18N2O9. The lowest BCUT2D eigenvalue weighted by molar-refractivity contribution is -0.153. The molecule has 0 aliphatic carbocycles. The first-order chi connectivity index (χ1) is 12.9. The summed E-state index contributed by atoms with van der Waals surface area (Å²) in [6.45, 7) is -0.406. The van der Waals surface area contributed by atoms with E-state index in [-0.39, 0.29) is 24.8 Å². The van der Waals surface area contributed by atoms with Crippen LogP contribution in [0.3, 0.4) is 0 Å². The van der Waals surface area contributed by atoms with Crippen LogP contribution in [0.1, 0.15) is 25.7 Å². The predicted molar refractivity (Wildman–Crippen MR) is 86.1 cm³/mol. The van der Waals surface area contributed by atoms with Gasteiger partial charge in [0.1, 0.15) is 0 Å². The third kappa shape index (κ3) is 5.76. The summed E-state index contributed by atoms with van der Waals surface area (Å²) in [6, 6.07) is 2.18. The van der Waals surface area contributed by atoms with Gasteiger partial charge in [-0.15, -0.1) is 4.73 Å². The van der Waals surface area contributed by atoms with Crippen LogP contribution in [-0.2, 0) is 23.9 Å². The van der Waals surface area contributed by atoms with Crippen molar-refractivity contribution in [2.24, 2.45) is 0 Å². The standard InChI is InChI=1S/C16H18N2O9/c19-11-5-6-12(20)17(11)9-3-1-2-4-15(23)25-10-26-16(24)27-18-13(21)7-8-14(18)22/h5-8,21-22H,1-4,9-10H2. The number of rotatable bonds is 9. The molecule has 2 N–H and O–H groups in total. The van der Waals surface area contributed by atoms with Gasteiger partial charge in [-0.1, -0.05) is 6.42 Å². The van der Waals surface area contributed by atoms with E-state index in [2.05, 4.69) is 14.3 Å². The van der Waals surface area contributed by atoms with Crippen molar-refractivity contribution in [1.82, 2.24) is 9.63 Å². The van der Waals surface area contributed by atoms with Crippen LogP contribution in [0.4, 0.5) is 4.79 Å². The summed E-state index contributed by atoms with van der Waals surface area (Å²) >= 11 is 0. The van der Waals surface area contributed by atoms with Crippen molar-refractivity contribution in [1.29, 1.82) is 0 Å². The topological polar surface area (TPSA) is 145 Å². The minimum atomic E-state index is -1.29. The molecule has 0 fully saturated rings. The molecule has 0 aromatic carbocycles. The van der Waals surface area contributed by atoms with E-state index in [0.717, 1.165) is 17.0 Å². The Labute approximate surface area is 153 Å². The van der Waals surface area contributed by atoms with Gasteiger partial charge in [0.2, 0.25) is 18.6 Å². The molecule has 0 saturated heterocycles. The number of carbonyl (C=O) groups excluding carboxylic acids is 4. The normalized spacial score (nSPS) is 13.1.